The van der Waals surface area contributed by atoms with Crippen molar-refractivity contribution in [2.24, 2.45) is 0 Å². The third-order valence-electron chi connectivity index (χ3n) is 1.67. The highest BCUT2D eigenvalue weighted by molar-refractivity contribution is 8.01. The predicted octanol–water partition coefficient (Wildman–Crippen LogP) is 3.82. The Hall–Kier alpha value is -1.02. The minimum absolute atomic E-state index is 0.573. The van der Waals surface area contributed by atoms with Crippen molar-refractivity contribution in [3.63, 3.8) is 0 Å². The molecule has 74 valence electrons. The van der Waals surface area contributed by atoms with Crippen molar-refractivity contribution in [3.8, 4) is 6.07 Å². The molecule has 0 saturated carbocycles. The number of benzene rings is 1. The molecule has 5 heteroatoms. The highest BCUT2D eigenvalue weighted by Crippen LogP contribution is 2.34. The number of nitriles is 1. The largest absolute Gasteiger partial charge is 0.238 e. The molecule has 0 spiro atoms. The number of thiazole rings is 1. The lowest BCUT2D eigenvalue weighted by atomic mass is 10.2. The molecule has 0 atom stereocenters. The fraction of sp³-hybridized carbons (Fsp3) is 0. The summed E-state index contributed by atoms with van der Waals surface area (Å²) in [5.41, 5.74) is 0.573. The minimum atomic E-state index is 0.573. The van der Waals surface area contributed by atoms with E-state index in [4.69, 9.17) is 16.9 Å². The van der Waals surface area contributed by atoms with Crippen LogP contribution in [-0.4, -0.2) is 4.98 Å². The lowest BCUT2D eigenvalue weighted by Gasteiger charge is -2.00. The van der Waals surface area contributed by atoms with Gasteiger partial charge < -0.3 is 0 Å². The Kier molecular flexibility index (Phi) is 3.27. The van der Waals surface area contributed by atoms with Gasteiger partial charge in [0.05, 0.1) is 16.7 Å². The second kappa shape index (κ2) is 4.67. The number of nitrogens with zero attached hydrogens (tertiary/aromatic N) is 2. The molecule has 0 aliphatic rings. The molecule has 2 rings (SSSR count). The molecular weight excluding hydrogens is 248 g/mol. The average Bonchev–Trinajstić information content (AvgIpc) is 2.74. The smallest absolute Gasteiger partial charge is 0.154 e. The molecule has 1 heterocycles. The van der Waals surface area contributed by atoms with Crippen molar-refractivity contribution in [1.82, 2.24) is 4.98 Å². The second-order valence-corrected chi connectivity index (χ2v) is 5.25. The quantitative estimate of drug-likeness (QED) is 0.815. The molecule has 1 aromatic heterocycles. The number of hydrogen-bond donors (Lipinski definition) is 0. The summed E-state index contributed by atoms with van der Waals surface area (Å²) in [5, 5.41) is 11.2. The van der Waals surface area contributed by atoms with Crippen LogP contribution in [0.5, 0.6) is 0 Å². The molecule has 0 aliphatic carbocycles. The number of rotatable bonds is 2. The highest BCUT2D eigenvalue weighted by Gasteiger charge is 2.05. The maximum Gasteiger partial charge on any atom is 0.154 e. The third-order valence-corrected chi connectivity index (χ3v) is 4.05. The normalized spacial score (nSPS) is 9.87. The molecule has 0 saturated heterocycles. The SMILES string of the molecule is N#Cc1ccc(Sc2nccs2)c(Cl)c1. The molecule has 15 heavy (non-hydrogen) atoms. The maximum atomic E-state index is 8.68. The number of hydrogen-bond acceptors (Lipinski definition) is 4. The molecule has 0 radical (unpaired) electrons. The van der Waals surface area contributed by atoms with Gasteiger partial charge in [-0.2, -0.15) is 5.26 Å². The Balaban J connectivity index is 2.27. The van der Waals surface area contributed by atoms with Crippen LogP contribution in [0.4, 0.5) is 0 Å². The fourth-order valence-corrected chi connectivity index (χ4v) is 2.89. The summed E-state index contributed by atoms with van der Waals surface area (Å²) in [7, 11) is 0. The van der Waals surface area contributed by atoms with E-state index in [-0.39, 0.29) is 0 Å². The van der Waals surface area contributed by atoms with Crippen molar-refractivity contribution in [3.05, 3.63) is 40.4 Å². The van der Waals surface area contributed by atoms with Gasteiger partial charge >= 0.3 is 0 Å². The molecule has 0 fully saturated rings. The molecule has 0 aliphatic heterocycles. The predicted molar refractivity (Wildman–Crippen MR) is 62.4 cm³/mol. The molecule has 0 amide bonds. The van der Waals surface area contributed by atoms with Gasteiger partial charge in [0.25, 0.3) is 0 Å². The molecule has 0 bridgehead atoms. The number of aromatic nitrogens is 1. The average molecular weight is 253 g/mol. The molecule has 0 N–H and O–H groups in total. The van der Waals surface area contributed by atoms with E-state index < -0.39 is 0 Å². The van der Waals surface area contributed by atoms with Crippen LogP contribution in [0, 0.1) is 11.3 Å². The Labute approximate surface area is 101 Å². The minimum Gasteiger partial charge on any atom is -0.238 e. The topological polar surface area (TPSA) is 36.7 Å². The van der Waals surface area contributed by atoms with E-state index >= 15 is 0 Å². The molecule has 1 aromatic carbocycles. The lowest BCUT2D eigenvalue weighted by Crippen LogP contribution is -1.78. The third kappa shape index (κ3) is 2.51. The summed E-state index contributed by atoms with van der Waals surface area (Å²) >= 11 is 9.10. The van der Waals surface area contributed by atoms with E-state index in [9.17, 15) is 0 Å². The highest BCUT2D eigenvalue weighted by atomic mass is 35.5. The van der Waals surface area contributed by atoms with Crippen LogP contribution in [0.15, 0.2) is 39.0 Å². The molecular formula is C10H5ClN2S2. The summed E-state index contributed by atoms with van der Waals surface area (Å²) in [6, 6.07) is 7.30. The Bertz CT molecular complexity index is 503. The first-order chi connectivity index (χ1) is 7.29. The second-order valence-electron chi connectivity index (χ2n) is 2.66. The van der Waals surface area contributed by atoms with Crippen LogP contribution in [0.2, 0.25) is 5.02 Å². The Morgan fingerprint density at radius 3 is 2.93 bits per heavy atom. The van der Waals surface area contributed by atoms with Crippen molar-refractivity contribution in [1.29, 1.82) is 5.26 Å². The van der Waals surface area contributed by atoms with Crippen LogP contribution in [-0.2, 0) is 0 Å². The van der Waals surface area contributed by atoms with E-state index in [0.717, 1.165) is 9.24 Å². The van der Waals surface area contributed by atoms with Gasteiger partial charge in [0.15, 0.2) is 4.34 Å². The lowest BCUT2D eigenvalue weighted by molar-refractivity contribution is 1.25. The summed E-state index contributed by atoms with van der Waals surface area (Å²) < 4.78 is 0.946. The summed E-state index contributed by atoms with van der Waals surface area (Å²) in [6.07, 6.45) is 1.75. The first-order valence-corrected chi connectivity index (χ1v) is 6.14. The summed E-state index contributed by atoms with van der Waals surface area (Å²) in [5.74, 6) is 0. The van der Waals surface area contributed by atoms with Gasteiger partial charge in [-0.25, -0.2) is 4.98 Å². The zero-order valence-corrected chi connectivity index (χ0v) is 9.86. The summed E-state index contributed by atoms with van der Waals surface area (Å²) in [6.45, 7) is 0. The summed E-state index contributed by atoms with van der Waals surface area (Å²) in [4.78, 5) is 5.07. The first kappa shape index (κ1) is 10.5. The van der Waals surface area contributed by atoms with Crippen molar-refractivity contribution >= 4 is 34.7 Å². The van der Waals surface area contributed by atoms with Gasteiger partial charge in [0.1, 0.15) is 0 Å². The first-order valence-electron chi connectivity index (χ1n) is 4.06. The Morgan fingerprint density at radius 1 is 1.47 bits per heavy atom. The van der Waals surface area contributed by atoms with E-state index in [1.807, 2.05) is 17.5 Å². The van der Waals surface area contributed by atoms with Gasteiger partial charge in [0, 0.05) is 16.5 Å². The van der Waals surface area contributed by atoms with E-state index in [2.05, 4.69) is 4.98 Å². The van der Waals surface area contributed by atoms with Gasteiger partial charge in [-0.15, -0.1) is 11.3 Å². The Morgan fingerprint density at radius 2 is 2.33 bits per heavy atom. The standard InChI is InChI=1S/C10H5ClN2S2/c11-8-5-7(6-12)1-2-9(8)15-10-13-3-4-14-10/h1-5H. The molecule has 2 nitrogen and oxygen atoms in total. The zero-order chi connectivity index (χ0) is 10.7. The van der Waals surface area contributed by atoms with Gasteiger partial charge in [-0.1, -0.05) is 23.4 Å². The van der Waals surface area contributed by atoms with Gasteiger partial charge in [0.2, 0.25) is 0 Å². The van der Waals surface area contributed by atoms with Crippen molar-refractivity contribution in [2.75, 3.05) is 0 Å². The van der Waals surface area contributed by atoms with E-state index in [1.165, 1.54) is 11.8 Å². The molecule has 2 aromatic rings. The van der Waals surface area contributed by atoms with Gasteiger partial charge in [-0.05, 0) is 18.2 Å². The van der Waals surface area contributed by atoms with Crippen LogP contribution in [0.3, 0.4) is 0 Å². The molecule has 0 unspecified atom stereocenters. The maximum absolute atomic E-state index is 8.68. The van der Waals surface area contributed by atoms with Crippen LogP contribution in [0.25, 0.3) is 0 Å². The fourth-order valence-electron chi connectivity index (χ4n) is 1.01. The van der Waals surface area contributed by atoms with Crippen LogP contribution >= 0.6 is 34.7 Å². The van der Waals surface area contributed by atoms with Gasteiger partial charge in [-0.3, -0.25) is 0 Å². The van der Waals surface area contributed by atoms with E-state index in [1.54, 1.807) is 29.7 Å². The van der Waals surface area contributed by atoms with Crippen LogP contribution < -0.4 is 0 Å². The zero-order valence-electron chi connectivity index (χ0n) is 7.48. The number of halogens is 1. The van der Waals surface area contributed by atoms with Crippen molar-refractivity contribution in [2.45, 2.75) is 9.24 Å². The van der Waals surface area contributed by atoms with Crippen LogP contribution in [0.1, 0.15) is 5.56 Å². The monoisotopic (exact) mass is 252 g/mol. The van der Waals surface area contributed by atoms with Crippen molar-refractivity contribution < 1.29 is 0 Å². The van der Waals surface area contributed by atoms with E-state index in [0.29, 0.717) is 10.6 Å².